The fraction of sp³-hybridized carbons (Fsp3) is 0.0800. The lowest BCUT2D eigenvalue weighted by molar-refractivity contribution is 0.605. The topological polar surface area (TPSA) is 196 Å². The predicted molar refractivity (Wildman–Crippen MR) is 153 cm³/mol. The maximum absolute atomic E-state index is 13.0. The van der Waals surface area contributed by atoms with Gasteiger partial charge in [0, 0.05) is 11.4 Å². The zero-order chi connectivity index (χ0) is 29.9. The quantitative estimate of drug-likeness (QED) is 0.178. The van der Waals surface area contributed by atoms with Gasteiger partial charge >= 0.3 is 0 Å². The molecule has 2 heterocycles. The maximum atomic E-state index is 13.0. The molecule has 0 fully saturated rings. The van der Waals surface area contributed by atoms with E-state index in [9.17, 15) is 31.7 Å². The minimum atomic E-state index is -3.49. The first-order valence-corrected chi connectivity index (χ1v) is 15.1. The molecule has 2 aromatic heterocycles. The number of nitrogens with zero attached hydrogens (tertiary/aromatic N) is 4. The van der Waals surface area contributed by atoms with Crippen LogP contribution in [0, 0.1) is 17.9 Å². The van der Waals surface area contributed by atoms with Gasteiger partial charge in [-0.05, 0) is 60.7 Å². The van der Waals surface area contributed by atoms with Gasteiger partial charge in [-0.2, -0.15) is 9.94 Å². The van der Waals surface area contributed by atoms with Crippen molar-refractivity contribution in [2.24, 2.45) is 0 Å². The van der Waals surface area contributed by atoms with Crippen LogP contribution in [0.4, 0.5) is 17.2 Å². The molecule has 0 amide bonds. The molecule has 4 aromatic rings. The number of sulfonamides is 2. The molecule has 4 N–H and O–H groups in total. The van der Waals surface area contributed by atoms with Crippen molar-refractivity contribution in [3.63, 3.8) is 0 Å². The van der Waals surface area contributed by atoms with Crippen molar-refractivity contribution in [3.05, 3.63) is 103 Å². The number of hydrogen-bond donors (Lipinski definition) is 4. The van der Waals surface area contributed by atoms with Crippen LogP contribution in [0.5, 0.6) is 0 Å². The maximum Gasteiger partial charge on any atom is 0.284 e. The van der Waals surface area contributed by atoms with Gasteiger partial charge in [-0.25, -0.2) is 26.6 Å². The average molecular weight is 593 g/mol. The number of hydrogen-bond acceptors (Lipinski definition) is 7. The zero-order valence-electron chi connectivity index (χ0n) is 21.3. The molecule has 0 spiro atoms. The Morgan fingerprint density at radius 1 is 0.805 bits per heavy atom. The van der Waals surface area contributed by atoms with Crippen LogP contribution in [0.1, 0.15) is 16.8 Å². The molecule has 0 radical (unpaired) electrons. The first-order valence-electron chi connectivity index (χ1n) is 11.4. The first-order chi connectivity index (χ1) is 19.3. The SMILES string of the molecule is [C-]#[N+]c1[nH]n(-c2ccc(NS(C)(=O)=O)cc2)c(=O)c1C=C=Cc1c(C#N)[nH]n(-c2ccc(NS(C)(=O)=O)cc2)c1=O. The van der Waals surface area contributed by atoms with Crippen LogP contribution in [-0.2, 0) is 20.0 Å². The summed E-state index contributed by atoms with van der Waals surface area (Å²) in [4.78, 5) is 29.4. The number of nitrogens with one attached hydrogen (secondary N) is 4. The molecule has 14 nitrogen and oxygen atoms in total. The molecule has 0 saturated heterocycles. The lowest BCUT2D eigenvalue weighted by Gasteiger charge is -2.05. The molecule has 208 valence electrons. The number of aromatic amines is 2. The average Bonchev–Trinajstić information content (AvgIpc) is 3.39. The third-order valence-corrected chi connectivity index (χ3v) is 6.58. The Balaban J connectivity index is 1.67. The molecule has 41 heavy (non-hydrogen) atoms. The standard InChI is InChI=1S/C25H20N8O6S2/c1-27-23-21(25(35)33(29-23)19-13-9-17(10-14-19)31-41(3,38)39)6-4-5-20-22(15-26)28-32(24(20)34)18-11-7-16(8-12-18)30-40(2,36)37/h5-14,28-31H,2-3H3. The van der Waals surface area contributed by atoms with E-state index >= 15 is 0 Å². The summed E-state index contributed by atoms with van der Waals surface area (Å²) in [5.74, 6) is -0.107. The second-order valence-electron chi connectivity index (χ2n) is 8.58. The molecule has 2 aromatic carbocycles. The first kappa shape index (κ1) is 28.5. The van der Waals surface area contributed by atoms with Crippen molar-refractivity contribution in [3.8, 4) is 17.4 Å². The van der Waals surface area contributed by atoms with E-state index in [1.165, 1.54) is 60.7 Å². The molecular weight excluding hydrogens is 572 g/mol. The summed E-state index contributed by atoms with van der Waals surface area (Å²) in [6.45, 7) is 7.42. The highest BCUT2D eigenvalue weighted by atomic mass is 32.2. The molecule has 0 atom stereocenters. The minimum Gasteiger partial charge on any atom is -0.362 e. The smallest absolute Gasteiger partial charge is 0.284 e. The lowest BCUT2D eigenvalue weighted by atomic mass is 10.2. The van der Waals surface area contributed by atoms with E-state index in [0.29, 0.717) is 11.4 Å². The van der Waals surface area contributed by atoms with Crippen LogP contribution in [-0.4, -0.2) is 48.9 Å². The van der Waals surface area contributed by atoms with Crippen LogP contribution in [0.15, 0.2) is 63.9 Å². The molecular formula is C25H20N8O6S2. The monoisotopic (exact) mass is 592 g/mol. The summed E-state index contributed by atoms with van der Waals surface area (Å²) in [7, 11) is -6.97. The summed E-state index contributed by atoms with van der Waals surface area (Å²) in [5.41, 5.74) is 2.51. The third-order valence-electron chi connectivity index (χ3n) is 5.37. The Labute approximate surface area is 233 Å². The molecule has 0 aliphatic rings. The molecule has 0 aliphatic heterocycles. The lowest BCUT2D eigenvalue weighted by Crippen LogP contribution is -2.16. The van der Waals surface area contributed by atoms with Gasteiger partial charge < -0.3 is 4.85 Å². The van der Waals surface area contributed by atoms with E-state index in [4.69, 9.17) is 6.57 Å². The van der Waals surface area contributed by atoms with Crippen molar-refractivity contribution in [2.45, 2.75) is 0 Å². The Bertz CT molecular complexity index is 1980. The molecule has 0 aliphatic carbocycles. The third kappa shape index (κ3) is 6.55. The molecule has 16 heteroatoms. The highest BCUT2D eigenvalue weighted by molar-refractivity contribution is 7.92. The van der Waals surface area contributed by atoms with Gasteiger partial charge in [-0.3, -0.25) is 24.1 Å². The molecule has 4 rings (SSSR count). The van der Waals surface area contributed by atoms with E-state index in [2.05, 4.69) is 30.2 Å². The molecule has 0 unspecified atom stereocenters. The summed E-state index contributed by atoms with van der Waals surface area (Å²) < 4.78 is 52.4. The van der Waals surface area contributed by atoms with Crippen LogP contribution < -0.4 is 20.6 Å². The minimum absolute atomic E-state index is 0.0575. The van der Waals surface area contributed by atoms with Crippen LogP contribution in [0.2, 0.25) is 0 Å². The highest BCUT2D eigenvalue weighted by Gasteiger charge is 2.16. The van der Waals surface area contributed by atoms with E-state index in [0.717, 1.165) is 21.9 Å². The van der Waals surface area contributed by atoms with Crippen LogP contribution in [0.3, 0.4) is 0 Å². The highest BCUT2D eigenvalue weighted by Crippen LogP contribution is 2.19. The van der Waals surface area contributed by atoms with Gasteiger partial charge in [0.1, 0.15) is 11.8 Å². The molecule has 0 saturated carbocycles. The fourth-order valence-corrected chi connectivity index (χ4v) is 4.81. The van der Waals surface area contributed by atoms with Crippen LogP contribution in [0.25, 0.3) is 28.4 Å². The second kappa shape index (κ2) is 10.9. The van der Waals surface area contributed by atoms with Crippen LogP contribution >= 0.6 is 0 Å². The Kier molecular flexibility index (Phi) is 7.58. The normalized spacial score (nSPS) is 11.1. The van der Waals surface area contributed by atoms with Gasteiger partial charge in [0.15, 0.2) is 0 Å². The summed E-state index contributed by atoms with van der Waals surface area (Å²) in [6.07, 6.45) is 4.41. The van der Waals surface area contributed by atoms with Gasteiger partial charge in [-0.1, -0.05) is 6.57 Å². The number of nitriles is 1. The van der Waals surface area contributed by atoms with Crippen molar-refractivity contribution in [1.82, 2.24) is 19.6 Å². The number of aromatic nitrogens is 4. The predicted octanol–water partition coefficient (Wildman–Crippen LogP) is 2.14. The summed E-state index contributed by atoms with van der Waals surface area (Å²) in [5, 5.41) is 14.9. The summed E-state index contributed by atoms with van der Waals surface area (Å²) in [6, 6.07) is 13.6. The fourth-order valence-electron chi connectivity index (χ4n) is 3.68. The zero-order valence-corrected chi connectivity index (χ0v) is 23.0. The second-order valence-corrected chi connectivity index (χ2v) is 12.1. The Morgan fingerprint density at radius 2 is 1.24 bits per heavy atom. The Morgan fingerprint density at radius 3 is 1.68 bits per heavy atom. The van der Waals surface area contributed by atoms with E-state index in [-0.39, 0.29) is 34.0 Å². The van der Waals surface area contributed by atoms with Crippen molar-refractivity contribution >= 4 is 49.4 Å². The summed E-state index contributed by atoms with van der Waals surface area (Å²) >= 11 is 0. The number of rotatable bonds is 8. The van der Waals surface area contributed by atoms with E-state index in [1.807, 2.05) is 6.07 Å². The number of H-pyrrole nitrogens is 2. The number of anilines is 2. The van der Waals surface area contributed by atoms with Crippen molar-refractivity contribution in [2.75, 3.05) is 22.0 Å². The van der Waals surface area contributed by atoms with Crippen molar-refractivity contribution in [1.29, 1.82) is 5.26 Å². The molecule has 0 bridgehead atoms. The largest absolute Gasteiger partial charge is 0.362 e. The van der Waals surface area contributed by atoms with Crippen molar-refractivity contribution < 1.29 is 16.8 Å². The van der Waals surface area contributed by atoms with Gasteiger partial charge in [0.25, 0.3) is 16.9 Å². The van der Waals surface area contributed by atoms with E-state index in [1.54, 1.807) is 0 Å². The number of benzene rings is 2. The Hall–Kier alpha value is -5.54. The van der Waals surface area contributed by atoms with Gasteiger partial charge in [0.05, 0.1) is 35.0 Å². The van der Waals surface area contributed by atoms with E-state index < -0.39 is 31.2 Å². The van der Waals surface area contributed by atoms with Gasteiger partial charge in [-0.15, -0.1) is 5.73 Å². The van der Waals surface area contributed by atoms with Gasteiger partial charge in [0.2, 0.25) is 20.0 Å².